The number of benzene rings is 5. The summed E-state index contributed by atoms with van der Waals surface area (Å²) in [6, 6.07) is 40.6. The van der Waals surface area contributed by atoms with E-state index in [9.17, 15) is 0 Å². The zero-order valence-corrected chi connectivity index (χ0v) is 19.3. The Morgan fingerprint density at radius 3 is 1.44 bits per heavy atom. The highest BCUT2D eigenvalue weighted by Gasteiger charge is 2.26. The average Bonchev–Trinajstić information content (AvgIpc) is 2.87. The molecule has 0 saturated heterocycles. The van der Waals surface area contributed by atoms with Crippen molar-refractivity contribution in [3.8, 4) is 33.8 Å². The minimum absolute atomic E-state index is 0.861. The monoisotopic (exact) mass is 439 g/mol. The van der Waals surface area contributed by atoms with Crippen molar-refractivity contribution in [3.05, 3.63) is 126 Å². The lowest BCUT2D eigenvalue weighted by Gasteiger charge is -2.33. The Bertz CT molecular complexity index is 1410. The molecule has 164 valence electrons. The molecule has 5 aromatic rings. The first kappa shape index (κ1) is 20.3. The molecule has 1 aliphatic heterocycles. The molecule has 0 radical (unpaired) electrons. The van der Waals surface area contributed by atoms with Gasteiger partial charge in [0.1, 0.15) is 0 Å². The minimum atomic E-state index is 0.861. The highest BCUT2D eigenvalue weighted by atomic mass is 16.5. The van der Waals surface area contributed by atoms with Crippen LogP contribution in [-0.4, -0.2) is 0 Å². The second-order valence-corrected chi connectivity index (χ2v) is 8.77. The molecule has 5 aromatic carbocycles. The van der Waals surface area contributed by atoms with Crippen LogP contribution >= 0.6 is 0 Å². The fourth-order valence-electron chi connectivity index (χ4n) is 4.83. The summed E-state index contributed by atoms with van der Waals surface area (Å²) in [6.07, 6.45) is 0. The van der Waals surface area contributed by atoms with Crippen LogP contribution in [0.2, 0.25) is 0 Å². The fourth-order valence-corrected chi connectivity index (χ4v) is 4.83. The third-order valence-electron chi connectivity index (χ3n) is 6.52. The summed E-state index contributed by atoms with van der Waals surface area (Å²) in [6.45, 7) is 4.35. The maximum absolute atomic E-state index is 6.26. The molecule has 0 N–H and O–H groups in total. The molecule has 0 bridgehead atoms. The lowest BCUT2D eigenvalue weighted by Crippen LogP contribution is -2.15. The van der Waals surface area contributed by atoms with Gasteiger partial charge in [-0.2, -0.15) is 0 Å². The summed E-state index contributed by atoms with van der Waals surface area (Å²) >= 11 is 0. The molecule has 0 spiro atoms. The van der Waals surface area contributed by atoms with Gasteiger partial charge in [-0.3, -0.25) is 0 Å². The minimum Gasteiger partial charge on any atom is -0.453 e. The standard InChI is InChI=1S/C32H25NO/c1-22-11-3-5-13-27(22)24-19-25(28-14-6-4-12-23(28)2)21-26(20-24)33-29-15-7-9-17-31(29)34-32-18-10-8-16-30(32)33/h3-21H,1-2H3. The zero-order valence-electron chi connectivity index (χ0n) is 19.3. The first-order chi connectivity index (χ1) is 16.7. The molecule has 1 aliphatic rings. The van der Waals surface area contributed by atoms with Gasteiger partial charge in [0.25, 0.3) is 0 Å². The van der Waals surface area contributed by atoms with Gasteiger partial charge in [-0.15, -0.1) is 0 Å². The van der Waals surface area contributed by atoms with Crippen LogP contribution in [0.25, 0.3) is 22.3 Å². The molecule has 2 heteroatoms. The molecular weight excluding hydrogens is 414 g/mol. The van der Waals surface area contributed by atoms with Crippen LogP contribution in [-0.2, 0) is 0 Å². The largest absolute Gasteiger partial charge is 0.453 e. The van der Waals surface area contributed by atoms with Gasteiger partial charge in [0.2, 0.25) is 0 Å². The Kier molecular flexibility index (Phi) is 4.92. The SMILES string of the molecule is Cc1ccccc1-c1cc(-c2ccccc2C)cc(N2c3ccccc3Oc3ccccc32)c1. The molecule has 0 saturated carbocycles. The van der Waals surface area contributed by atoms with Crippen LogP contribution in [0.5, 0.6) is 11.5 Å². The Morgan fingerprint density at radius 2 is 0.941 bits per heavy atom. The molecule has 0 amide bonds. The number of hydrogen-bond donors (Lipinski definition) is 0. The Labute approximate surface area is 200 Å². The molecule has 0 unspecified atom stereocenters. The van der Waals surface area contributed by atoms with Gasteiger partial charge in [0.05, 0.1) is 11.4 Å². The predicted octanol–water partition coefficient (Wildman–Crippen LogP) is 9.21. The van der Waals surface area contributed by atoms with Gasteiger partial charge in [-0.1, -0.05) is 72.8 Å². The quantitative estimate of drug-likeness (QED) is 0.272. The molecule has 1 heterocycles. The third kappa shape index (κ3) is 3.45. The van der Waals surface area contributed by atoms with Gasteiger partial charge >= 0.3 is 0 Å². The molecule has 2 nitrogen and oxygen atoms in total. The summed E-state index contributed by atoms with van der Waals surface area (Å²) in [5, 5.41) is 0. The maximum atomic E-state index is 6.26. The summed E-state index contributed by atoms with van der Waals surface area (Å²) < 4.78 is 6.26. The lowest BCUT2D eigenvalue weighted by atomic mass is 9.93. The van der Waals surface area contributed by atoms with Crippen LogP contribution in [0.1, 0.15) is 11.1 Å². The van der Waals surface area contributed by atoms with Crippen molar-refractivity contribution in [2.45, 2.75) is 13.8 Å². The predicted molar refractivity (Wildman–Crippen MR) is 142 cm³/mol. The molecule has 0 atom stereocenters. The van der Waals surface area contributed by atoms with E-state index in [-0.39, 0.29) is 0 Å². The smallest absolute Gasteiger partial charge is 0.151 e. The summed E-state index contributed by atoms with van der Waals surface area (Å²) in [4.78, 5) is 2.32. The van der Waals surface area contributed by atoms with E-state index in [1.807, 2.05) is 24.3 Å². The van der Waals surface area contributed by atoms with E-state index in [2.05, 4.69) is 110 Å². The zero-order chi connectivity index (χ0) is 23.1. The van der Waals surface area contributed by atoms with E-state index in [4.69, 9.17) is 4.74 Å². The number of rotatable bonds is 3. The third-order valence-corrected chi connectivity index (χ3v) is 6.52. The van der Waals surface area contributed by atoms with Crippen molar-refractivity contribution in [2.24, 2.45) is 0 Å². The summed E-state index contributed by atoms with van der Waals surface area (Å²) in [7, 11) is 0. The maximum Gasteiger partial charge on any atom is 0.151 e. The van der Waals surface area contributed by atoms with E-state index in [0.717, 1.165) is 28.6 Å². The number of para-hydroxylation sites is 4. The van der Waals surface area contributed by atoms with Crippen molar-refractivity contribution >= 4 is 17.1 Å². The topological polar surface area (TPSA) is 12.5 Å². The molecular formula is C32H25NO. The van der Waals surface area contributed by atoms with Crippen LogP contribution in [0.15, 0.2) is 115 Å². The summed E-state index contributed by atoms with van der Waals surface area (Å²) in [5.41, 5.74) is 10.6. The highest BCUT2D eigenvalue weighted by molar-refractivity contribution is 5.90. The van der Waals surface area contributed by atoms with Crippen molar-refractivity contribution in [1.82, 2.24) is 0 Å². The Balaban J connectivity index is 1.64. The van der Waals surface area contributed by atoms with Crippen LogP contribution in [0.3, 0.4) is 0 Å². The number of aryl methyl sites for hydroxylation is 2. The number of ether oxygens (including phenoxy) is 1. The van der Waals surface area contributed by atoms with E-state index < -0.39 is 0 Å². The van der Waals surface area contributed by atoms with Gasteiger partial charge in [0, 0.05) is 5.69 Å². The lowest BCUT2D eigenvalue weighted by molar-refractivity contribution is 0.477. The molecule has 34 heavy (non-hydrogen) atoms. The van der Waals surface area contributed by atoms with Gasteiger partial charge < -0.3 is 9.64 Å². The van der Waals surface area contributed by atoms with E-state index in [1.54, 1.807) is 0 Å². The number of nitrogens with zero attached hydrogens (tertiary/aromatic N) is 1. The second kappa shape index (κ2) is 8.24. The molecule has 6 rings (SSSR count). The first-order valence-corrected chi connectivity index (χ1v) is 11.6. The van der Waals surface area contributed by atoms with Crippen LogP contribution in [0, 0.1) is 13.8 Å². The van der Waals surface area contributed by atoms with Crippen molar-refractivity contribution in [2.75, 3.05) is 4.90 Å². The second-order valence-electron chi connectivity index (χ2n) is 8.77. The van der Waals surface area contributed by atoms with Crippen molar-refractivity contribution in [3.63, 3.8) is 0 Å². The number of anilines is 3. The fraction of sp³-hybridized carbons (Fsp3) is 0.0625. The Morgan fingerprint density at radius 1 is 0.500 bits per heavy atom. The van der Waals surface area contributed by atoms with E-state index in [0.29, 0.717) is 0 Å². The Hall–Kier alpha value is -4.30. The number of fused-ring (bicyclic) bond motifs is 2. The first-order valence-electron chi connectivity index (χ1n) is 11.6. The van der Waals surface area contributed by atoms with E-state index >= 15 is 0 Å². The van der Waals surface area contributed by atoms with Gasteiger partial charge in [0.15, 0.2) is 11.5 Å². The van der Waals surface area contributed by atoms with Crippen LogP contribution in [0.4, 0.5) is 17.1 Å². The number of hydrogen-bond acceptors (Lipinski definition) is 2. The highest BCUT2D eigenvalue weighted by Crippen LogP contribution is 2.51. The summed E-state index contributed by atoms with van der Waals surface area (Å²) in [5.74, 6) is 1.72. The normalized spacial score (nSPS) is 12.0. The molecule has 0 aliphatic carbocycles. The van der Waals surface area contributed by atoms with Gasteiger partial charge in [-0.25, -0.2) is 0 Å². The van der Waals surface area contributed by atoms with Crippen molar-refractivity contribution < 1.29 is 4.74 Å². The molecule has 0 fully saturated rings. The molecule has 0 aromatic heterocycles. The average molecular weight is 440 g/mol. The van der Waals surface area contributed by atoms with Crippen LogP contribution < -0.4 is 9.64 Å². The van der Waals surface area contributed by atoms with Crippen molar-refractivity contribution in [1.29, 1.82) is 0 Å². The van der Waals surface area contributed by atoms with E-state index in [1.165, 1.54) is 33.4 Å². The van der Waals surface area contributed by atoms with Gasteiger partial charge in [-0.05, 0) is 89.7 Å².